The number of benzene rings is 2. The molecule has 0 saturated carbocycles. The topological polar surface area (TPSA) is 32.3 Å². The number of aryl methyl sites for hydroxylation is 2. The highest BCUT2D eigenvalue weighted by Crippen LogP contribution is 2.32. The van der Waals surface area contributed by atoms with Gasteiger partial charge in [0, 0.05) is 33.8 Å². The number of hydrogen-bond acceptors (Lipinski definition) is 3. The van der Waals surface area contributed by atoms with Gasteiger partial charge >= 0.3 is 0 Å². The largest absolute Gasteiger partial charge is 0.367 e. The van der Waals surface area contributed by atoms with Gasteiger partial charge in [-0.1, -0.05) is 28.1 Å². The molecule has 0 saturated heterocycles. The van der Waals surface area contributed by atoms with Crippen LogP contribution < -0.4 is 10.2 Å². The number of thiophene rings is 1. The van der Waals surface area contributed by atoms with Crippen LogP contribution in [0.5, 0.6) is 0 Å². The first kappa shape index (κ1) is 19.2. The van der Waals surface area contributed by atoms with E-state index in [2.05, 4.69) is 63.6 Å². The highest BCUT2D eigenvalue weighted by Gasteiger charge is 2.19. The summed E-state index contributed by atoms with van der Waals surface area (Å²) in [4.78, 5) is 16.5. The molecule has 0 atom stereocenters. The van der Waals surface area contributed by atoms with Crippen LogP contribution in [0.1, 0.15) is 27.1 Å². The second kappa shape index (κ2) is 8.10. The summed E-state index contributed by atoms with van der Waals surface area (Å²) in [6, 6.07) is 14.5. The van der Waals surface area contributed by atoms with Crippen molar-refractivity contribution in [3.05, 3.63) is 79.4 Å². The van der Waals surface area contributed by atoms with Gasteiger partial charge in [-0.05, 0) is 78.2 Å². The molecule has 2 aromatic carbocycles. The SMILES string of the molecule is Cc1cc(N2CCc3sccc3C2)cc(C)c1NC(=O)Cc1cccc(Br)c1. The molecule has 0 fully saturated rings. The van der Waals surface area contributed by atoms with E-state index in [1.54, 1.807) is 0 Å². The molecule has 0 bridgehead atoms. The van der Waals surface area contributed by atoms with Crippen LogP contribution in [0.3, 0.4) is 0 Å². The summed E-state index contributed by atoms with van der Waals surface area (Å²) >= 11 is 5.32. The molecule has 0 aliphatic carbocycles. The molecular formula is C23H23BrN2OS. The highest BCUT2D eigenvalue weighted by atomic mass is 79.9. The van der Waals surface area contributed by atoms with E-state index < -0.39 is 0 Å². The van der Waals surface area contributed by atoms with Crippen molar-refractivity contribution in [1.82, 2.24) is 0 Å². The maximum absolute atomic E-state index is 12.6. The van der Waals surface area contributed by atoms with Gasteiger partial charge in [0.1, 0.15) is 0 Å². The Kier molecular flexibility index (Phi) is 5.56. The first-order valence-corrected chi connectivity index (χ1v) is 11.1. The van der Waals surface area contributed by atoms with Crippen LogP contribution in [0, 0.1) is 13.8 Å². The number of halogens is 1. The Hall–Kier alpha value is -2.11. The molecule has 1 aliphatic heterocycles. The normalized spacial score (nSPS) is 13.3. The van der Waals surface area contributed by atoms with Crippen molar-refractivity contribution in [1.29, 1.82) is 0 Å². The van der Waals surface area contributed by atoms with Crippen LogP contribution in [0.4, 0.5) is 11.4 Å². The van der Waals surface area contributed by atoms with Crippen molar-refractivity contribution < 1.29 is 4.79 Å². The van der Waals surface area contributed by atoms with E-state index in [4.69, 9.17) is 0 Å². The molecule has 3 nitrogen and oxygen atoms in total. The minimum atomic E-state index is 0.0120. The predicted octanol–water partition coefficient (Wildman–Crippen LogP) is 5.87. The van der Waals surface area contributed by atoms with Crippen LogP contribution >= 0.6 is 27.3 Å². The molecule has 0 unspecified atom stereocenters. The van der Waals surface area contributed by atoms with E-state index in [9.17, 15) is 4.79 Å². The lowest BCUT2D eigenvalue weighted by molar-refractivity contribution is -0.115. The molecule has 0 spiro atoms. The predicted molar refractivity (Wildman–Crippen MR) is 121 cm³/mol. The van der Waals surface area contributed by atoms with Gasteiger partial charge in [0.25, 0.3) is 0 Å². The summed E-state index contributed by atoms with van der Waals surface area (Å²) in [6.45, 7) is 6.16. The Morgan fingerprint density at radius 3 is 2.71 bits per heavy atom. The number of anilines is 2. The van der Waals surface area contributed by atoms with Crippen molar-refractivity contribution >= 4 is 44.5 Å². The number of amides is 1. The monoisotopic (exact) mass is 454 g/mol. The van der Waals surface area contributed by atoms with Gasteiger partial charge in [0.05, 0.1) is 6.42 Å². The van der Waals surface area contributed by atoms with Crippen LogP contribution in [0.15, 0.2) is 52.3 Å². The van der Waals surface area contributed by atoms with Gasteiger partial charge in [-0.2, -0.15) is 0 Å². The number of carbonyl (C=O) groups is 1. The summed E-state index contributed by atoms with van der Waals surface area (Å²) in [5.41, 5.74) is 6.81. The Balaban J connectivity index is 1.49. The molecule has 2 heterocycles. The summed E-state index contributed by atoms with van der Waals surface area (Å²) in [7, 11) is 0. The minimum Gasteiger partial charge on any atom is -0.367 e. The fourth-order valence-electron chi connectivity index (χ4n) is 3.81. The standard InChI is InChI=1S/C23H23BrN2OS/c1-15-10-20(26-8-6-21-18(14-26)7-9-28-21)11-16(2)23(15)25-22(27)13-17-4-3-5-19(24)12-17/h3-5,7,9-12H,6,8,13-14H2,1-2H3,(H,25,27). The number of rotatable bonds is 4. The lowest BCUT2D eigenvalue weighted by Gasteiger charge is -2.30. The summed E-state index contributed by atoms with van der Waals surface area (Å²) in [5, 5.41) is 5.31. The third-order valence-corrected chi connectivity index (χ3v) is 6.72. The lowest BCUT2D eigenvalue weighted by atomic mass is 10.0. The van der Waals surface area contributed by atoms with E-state index in [-0.39, 0.29) is 5.91 Å². The van der Waals surface area contributed by atoms with Gasteiger partial charge in [-0.3, -0.25) is 4.79 Å². The van der Waals surface area contributed by atoms with Crippen molar-refractivity contribution in [2.75, 3.05) is 16.8 Å². The first-order chi connectivity index (χ1) is 13.5. The van der Waals surface area contributed by atoms with Crippen LogP contribution in [0.25, 0.3) is 0 Å². The Morgan fingerprint density at radius 2 is 1.96 bits per heavy atom. The van der Waals surface area contributed by atoms with Gasteiger partial charge in [0.15, 0.2) is 0 Å². The molecule has 0 radical (unpaired) electrons. The molecule has 4 rings (SSSR count). The number of fused-ring (bicyclic) bond motifs is 1. The zero-order chi connectivity index (χ0) is 19.7. The number of hydrogen-bond donors (Lipinski definition) is 1. The molecule has 5 heteroatoms. The number of carbonyl (C=O) groups excluding carboxylic acids is 1. The first-order valence-electron chi connectivity index (χ1n) is 9.45. The highest BCUT2D eigenvalue weighted by molar-refractivity contribution is 9.10. The van der Waals surface area contributed by atoms with E-state index in [1.807, 2.05) is 35.6 Å². The quantitative estimate of drug-likeness (QED) is 0.534. The molecule has 1 aliphatic rings. The zero-order valence-electron chi connectivity index (χ0n) is 16.1. The molecule has 3 aromatic rings. The molecule has 1 N–H and O–H groups in total. The van der Waals surface area contributed by atoms with Crippen LogP contribution in [-0.4, -0.2) is 12.5 Å². The minimum absolute atomic E-state index is 0.0120. The van der Waals surface area contributed by atoms with Crippen LogP contribution in [0.2, 0.25) is 0 Å². The third-order valence-electron chi connectivity index (χ3n) is 5.21. The fraction of sp³-hybridized carbons (Fsp3) is 0.261. The second-order valence-electron chi connectivity index (χ2n) is 7.35. The van der Waals surface area contributed by atoms with Gasteiger partial charge in [0.2, 0.25) is 5.91 Å². The summed E-state index contributed by atoms with van der Waals surface area (Å²) in [6.07, 6.45) is 1.48. The lowest BCUT2D eigenvalue weighted by Crippen LogP contribution is -2.29. The summed E-state index contributed by atoms with van der Waals surface area (Å²) < 4.78 is 0.991. The van der Waals surface area contributed by atoms with E-state index >= 15 is 0 Å². The van der Waals surface area contributed by atoms with Crippen molar-refractivity contribution in [3.8, 4) is 0 Å². The van der Waals surface area contributed by atoms with Gasteiger partial charge in [-0.25, -0.2) is 0 Å². The average molecular weight is 455 g/mol. The smallest absolute Gasteiger partial charge is 0.228 e. The van der Waals surface area contributed by atoms with E-state index in [0.717, 1.165) is 46.4 Å². The molecule has 1 aromatic heterocycles. The zero-order valence-corrected chi connectivity index (χ0v) is 18.5. The number of nitrogens with zero attached hydrogens (tertiary/aromatic N) is 1. The van der Waals surface area contributed by atoms with Crippen molar-refractivity contribution in [2.45, 2.75) is 33.2 Å². The molecule has 144 valence electrons. The summed E-state index contributed by atoms with van der Waals surface area (Å²) in [5.74, 6) is 0.0120. The van der Waals surface area contributed by atoms with Crippen molar-refractivity contribution in [2.24, 2.45) is 0 Å². The molecule has 1 amide bonds. The number of nitrogens with one attached hydrogen (secondary N) is 1. The van der Waals surface area contributed by atoms with E-state index in [1.165, 1.54) is 16.1 Å². The van der Waals surface area contributed by atoms with Gasteiger partial charge in [-0.15, -0.1) is 11.3 Å². The third kappa shape index (κ3) is 4.15. The van der Waals surface area contributed by atoms with E-state index in [0.29, 0.717) is 6.42 Å². The Labute approximate surface area is 178 Å². The van der Waals surface area contributed by atoms with Crippen LogP contribution in [-0.2, 0) is 24.2 Å². The van der Waals surface area contributed by atoms with Crippen molar-refractivity contribution in [3.63, 3.8) is 0 Å². The molecular weight excluding hydrogens is 432 g/mol. The maximum atomic E-state index is 12.6. The average Bonchev–Trinajstić information content (AvgIpc) is 3.12. The Bertz CT molecular complexity index is 1000. The molecule has 28 heavy (non-hydrogen) atoms. The second-order valence-corrected chi connectivity index (χ2v) is 9.27. The maximum Gasteiger partial charge on any atom is 0.228 e. The van der Waals surface area contributed by atoms with Gasteiger partial charge < -0.3 is 10.2 Å². The fourth-order valence-corrected chi connectivity index (χ4v) is 5.14. The Morgan fingerprint density at radius 1 is 1.18 bits per heavy atom.